The number of aromatic amines is 1. The Labute approximate surface area is 190 Å². The van der Waals surface area contributed by atoms with Crippen LogP contribution in [0, 0.1) is 6.92 Å². The molecule has 2 aromatic rings. The Morgan fingerprint density at radius 3 is 2.47 bits per heavy atom. The van der Waals surface area contributed by atoms with E-state index in [1.165, 1.54) is 51.4 Å². The van der Waals surface area contributed by atoms with E-state index in [2.05, 4.69) is 25.2 Å². The highest BCUT2D eigenvalue weighted by Gasteiger charge is 2.38. The molecule has 7 nitrogen and oxygen atoms in total. The number of carbonyl (C=O) groups is 1. The maximum atomic E-state index is 12.7. The van der Waals surface area contributed by atoms with Crippen LogP contribution >= 0.6 is 0 Å². The Kier molecular flexibility index (Phi) is 7.35. The lowest BCUT2D eigenvalue weighted by molar-refractivity contribution is -0.122. The van der Waals surface area contributed by atoms with Gasteiger partial charge in [0.15, 0.2) is 0 Å². The zero-order valence-corrected chi connectivity index (χ0v) is 19.2. The van der Waals surface area contributed by atoms with Crippen LogP contribution in [0.5, 0.6) is 0 Å². The quantitative estimate of drug-likeness (QED) is 0.693. The molecule has 0 atom stereocenters. The SMILES string of the molecule is Cc1nc(-c2ccncc2)[nH]c(=O)c1CCC(=O)NCC1(N2CCCCC2)CCCCC1. The van der Waals surface area contributed by atoms with E-state index in [4.69, 9.17) is 0 Å². The van der Waals surface area contributed by atoms with Gasteiger partial charge in [-0.15, -0.1) is 0 Å². The predicted octanol–water partition coefficient (Wildman–Crippen LogP) is 3.38. The van der Waals surface area contributed by atoms with Gasteiger partial charge < -0.3 is 10.3 Å². The van der Waals surface area contributed by atoms with Crippen molar-refractivity contribution in [1.29, 1.82) is 0 Å². The summed E-state index contributed by atoms with van der Waals surface area (Å²) in [6.45, 7) is 4.86. The average Bonchev–Trinajstić information content (AvgIpc) is 2.84. The third-order valence-corrected chi connectivity index (χ3v) is 7.20. The van der Waals surface area contributed by atoms with Gasteiger partial charge >= 0.3 is 0 Å². The van der Waals surface area contributed by atoms with Gasteiger partial charge in [0.25, 0.3) is 5.56 Å². The number of hydrogen-bond donors (Lipinski definition) is 2. The standard InChI is InChI=1S/C25H35N5O2/c1-19-21(24(32)29-23(28-19)20-10-14-26-15-11-20)8-9-22(31)27-18-25(12-4-2-5-13-25)30-16-6-3-7-17-30/h10-11,14-15H,2-9,12-13,16-18H2,1H3,(H,27,31)(H,28,29,32). The van der Waals surface area contributed by atoms with Crippen molar-refractivity contribution in [3.05, 3.63) is 46.1 Å². The van der Waals surface area contributed by atoms with Crippen molar-refractivity contribution in [2.75, 3.05) is 19.6 Å². The molecule has 1 saturated carbocycles. The number of nitrogens with one attached hydrogen (secondary N) is 2. The number of nitrogens with zero attached hydrogens (tertiary/aromatic N) is 3. The molecule has 0 spiro atoms. The summed E-state index contributed by atoms with van der Waals surface area (Å²) >= 11 is 0. The summed E-state index contributed by atoms with van der Waals surface area (Å²) < 4.78 is 0. The van der Waals surface area contributed by atoms with Gasteiger partial charge in [-0.1, -0.05) is 25.7 Å². The van der Waals surface area contributed by atoms with Crippen LogP contribution in [0.25, 0.3) is 11.4 Å². The summed E-state index contributed by atoms with van der Waals surface area (Å²) in [7, 11) is 0. The molecule has 0 radical (unpaired) electrons. The number of rotatable bonds is 7. The Bertz CT molecular complexity index is 960. The average molecular weight is 438 g/mol. The van der Waals surface area contributed by atoms with Gasteiger partial charge in [-0.2, -0.15) is 0 Å². The maximum absolute atomic E-state index is 12.7. The third kappa shape index (κ3) is 5.26. The van der Waals surface area contributed by atoms with Gasteiger partial charge in [0.05, 0.1) is 0 Å². The van der Waals surface area contributed by atoms with Gasteiger partial charge in [-0.25, -0.2) is 4.98 Å². The van der Waals surface area contributed by atoms with Crippen LogP contribution in [-0.2, 0) is 11.2 Å². The Balaban J connectivity index is 1.36. The number of pyridine rings is 1. The largest absolute Gasteiger partial charge is 0.354 e. The van der Waals surface area contributed by atoms with Crippen LogP contribution < -0.4 is 10.9 Å². The Morgan fingerprint density at radius 1 is 1.09 bits per heavy atom. The van der Waals surface area contributed by atoms with Crippen LogP contribution in [0.4, 0.5) is 0 Å². The fraction of sp³-hybridized carbons (Fsp3) is 0.600. The predicted molar refractivity (Wildman–Crippen MR) is 125 cm³/mol. The normalized spacial score (nSPS) is 18.9. The second-order valence-corrected chi connectivity index (χ2v) is 9.32. The summed E-state index contributed by atoms with van der Waals surface area (Å²) in [5.74, 6) is 0.549. The van der Waals surface area contributed by atoms with Crippen molar-refractivity contribution in [2.45, 2.75) is 76.7 Å². The smallest absolute Gasteiger partial charge is 0.254 e. The lowest BCUT2D eigenvalue weighted by Crippen LogP contribution is -2.58. The highest BCUT2D eigenvalue weighted by Crippen LogP contribution is 2.35. The molecule has 2 aromatic heterocycles. The highest BCUT2D eigenvalue weighted by atomic mass is 16.1. The van der Waals surface area contributed by atoms with E-state index in [0.717, 1.165) is 25.2 Å². The second-order valence-electron chi connectivity index (χ2n) is 9.32. The number of carbonyl (C=O) groups excluding carboxylic acids is 1. The molecule has 7 heteroatoms. The summed E-state index contributed by atoms with van der Waals surface area (Å²) in [6, 6.07) is 3.63. The van der Waals surface area contributed by atoms with E-state index in [-0.39, 0.29) is 17.0 Å². The van der Waals surface area contributed by atoms with Crippen LogP contribution in [0.2, 0.25) is 0 Å². The summed E-state index contributed by atoms with van der Waals surface area (Å²) in [5, 5.41) is 3.22. The van der Waals surface area contributed by atoms with Crippen molar-refractivity contribution in [3.8, 4) is 11.4 Å². The summed E-state index contributed by atoms with van der Waals surface area (Å²) in [4.78, 5) is 39.4. The van der Waals surface area contributed by atoms with E-state index < -0.39 is 0 Å². The molecular formula is C25H35N5O2. The van der Waals surface area contributed by atoms with Crippen LogP contribution in [0.1, 0.15) is 69.0 Å². The lowest BCUT2D eigenvalue weighted by Gasteiger charge is -2.48. The molecule has 32 heavy (non-hydrogen) atoms. The van der Waals surface area contributed by atoms with Crippen molar-refractivity contribution in [3.63, 3.8) is 0 Å². The number of aromatic nitrogens is 3. The molecule has 0 aromatic carbocycles. The molecular weight excluding hydrogens is 402 g/mol. The fourth-order valence-corrected chi connectivity index (χ4v) is 5.32. The lowest BCUT2D eigenvalue weighted by atomic mass is 9.79. The van der Waals surface area contributed by atoms with Gasteiger partial charge in [0.1, 0.15) is 5.82 Å². The molecule has 2 fully saturated rings. The zero-order valence-electron chi connectivity index (χ0n) is 19.2. The molecule has 1 saturated heterocycles. The maximum Gasteiger partial charge on any atom is 0.254 e. The minimum absolute atomic E-state index is 0.0176. The molecule has 0 bridgehead atoms. The fourth-order valence-electron chi connectivity index (χ4n) is 5.32. The van der Waals surface area contributed by atoms with Crippen molar-refractivity contribution >= 4 is 5.91 Å². The monoisotopic (exact) mass is 437 g/mol. The molecule has 4 rings (SSSR count). The van der Waals surface area contributed by atoms with E-state index in [9.17, 15) is 9.59 Å². The first-order chi connectivity index (χ1) is 15.6. The first-order valence-electron chi connectivity index (χ1n) is 12.1. The number of hydrogen-bond acceptors (Lipinski definition) is 5. The van der Waals surface area contributed by atoms with Crippen molar-refractivity contribution in [2.24, 2.45) is 0 Å². The number of H-pyrrole nitrogens is 1. The van der Waals surface area contributed by atoms with E-state index in [1.54, 1.807) is 12.4 Å². The number of likely N-dealkylation sites (tertiary alicyclic amines) is 1. The topological polar surface area (TPSA) is 91.0 Å². The second kappa shape index (κ2) is 10.4. The van der Waals surface area contributed by atoms with Crippen molar-refractivity contribution in [1.82, 2.24) is 25.2 Å². The Morgan fingerprint density at radius 2 is 1.78 bits per heavy atom. The molecule has 3 heterocycles. The molecule has 1 aliphatic carbocycles. The van der Waals surface area contributed by atoms with E-state index in [0.29, 0.717) is 29.9 Å². The molecule has 1 amide bonds. The van der Waals surface area contributed by atoms with Gasteiger partial charge in [-0.05, 0) is 64.3 Å². The Hall–Kier alpha value is -2.54. The van der Waals surface area contributed by atoms with Crippen molar-refractivity contribution < 1.29 is 4.79 Å². The van der Waals surface area contributed by atoms with Crippen LogP contribution in [-0.4, -0.2) is 50.9 Å². The molecule has 2 aliphatic rings. The molecule has 2 N–H and O–H groups in total. The molecule has 0 unspecified atom stereocenters. The van der Waals surface area contributed by atoms with Crippen LogP contribution in [0.3, 0.4) is 0 Å². The van der Waals surface area contributed by atoms with Gasteiger partial charge in [0.2, 0.25) is 5.91 Å². The number of amides is 1. The minimum Gasteiger partial charge on any atom is -0.354 e. The van der Waals surface area contributed by atoms with E-state index in [1.807, 2.05) is 19.1 Å². The summed E-state index contributed by atoms with van der Waals surface area (Å²) in [6.07, 6.45) is 14.0. The van der Waals surface area contributed by atoms with E-state index >= 15 is 0 Å². The number of aryl methyl sites for hydroxylation is 1. The summed E-state index contributed by atoms with van der Waals surface area (Å²) in [5.41, 5.74) is 2.02. The van der Waals surface area contributed by atoms with Crippen LogP contribution in [0.15, 0.2) is 29.3 Å². The minimum atomic E-state index is -0.172. The van der Waals surface area contributed by atoms with Gasteiger partial charge in [-0.3, -0.25) is 19.5 Å². The molecule has 172 valence electrons. The number of piperidine rings is 1. The zero-order chi connectivity index (χ0) is 22.4. The van der Waals surface area contributed by atoms with Gasteiger partial charge in [0, 0.05) is 47.7 Å². The molecule has 1 aliphatic heterocycles. The first-order valence-corrected chi connectivity index (χ1v) is 12.1. The third-order valence-electron chi connectivity index (χ3n) is 7.20. The highest BCUT2D eigenvalue weighted by molar-refractivity contribution is 5.76. The first kappa shape index (κ1) is 22.6.